The third-order valence-corrected chi connectivity index (χ3v) is 13.0. The number of esters is 2. The van der Waals surface area contributed by atoms with E-state index in [1.165, 1.54) is 12.1 Å². The minimum atomic E-state index is -1.80. The SMILES string of the molecule is CCOC(=O)[C@H](Cc1ccc(O)cc1)NC(=O)[C@@H](NC(=O)CCC(=O)OCC(=O)[C@@]1(O)CC[C@H]2[C@@H]3CCC4=CC(=O)CC[C@]4(C)[C@H]3[C@@H](O)C[C@@]21C)C(C)C. The minimum absolute atomic E-state index is 0.0262. The van der Waals surface area contributed by atoms with E-state index in [1.807, 2.05) is 6.92 Å². The average molecular weight is 753 g/mol. The molecule has 2 amide bonds. The van der Waals surface area contributed by atoms with Crippen LogP contribution in [0.2, 0.25) is 0 Å². The van der Waals surface area contributed by atoms with Crippen molar-refractivity contribution in [2.75, 3.05) is 13.2 Å². The number of phenols is 1. The topological polar surface area (TPSA) is 206 Å². The highest BCUT2D eigenvalue weighted by Gasteiger charge is 2.68. The molecule has 54 heavy (non-hydrogen) atoms. The molecule has 3 saturated carbocycles. The molecule has 1 aromatic rings. The monoisotopic (exact) mass is 752 g/mol. The molecule has 1 aromatic carbocycles. The molecular weight excluding hydrogens is 696 g/mol. The zero-order chi connectivity index (χ0) is 39.6. The lowest BCUT2D eigenvalue weighted by Gasteiger charge is -2.60. The fourth-order valence-electron chi connectivity index (χ4n) is 10.0. The van der Waals surface area contributed by atoms with E-state index in [9.17, 15) is 44.1 Å². The van der Waals surface area contributed by atoms with Gasteiger partial charge in [0.15, 0.2) is 12.4 Å². The van der Waals surface area contributed by atoms with Gasteiger partial charge in [0.25, 0.3) is 0 Å². The summed E-state index contributed by atoms with van der Waals surface area (Å²) >= 11 is 0. The maximum atomic E-state index is 13.6. The van der Waals surface area contributed by atoms with Gasteiger partial charge in [0, 0.05) is 24.7 Å². The number of allylic oxidation sites excluding steroid dienone is 1. The summed E-state index contributed by atoms with van der Waals surface area (Å²) < 4.78 is 10.4. The highest BCUT2D eigenvalue weighted by Crippen LogP contribution is 2.67. The van der Waals surface area contributed by atoms with E-state index in [1.54, 1.807) is 39.0 Å². The van der Waals surface area contributed by atoms with Crippen molar-refractivity contribution in [3.05, 3.63) is 41.5 Å². The molecule has 0 aromatic heterocycles. The number of aliphatic hydroxyl groups is 2. The van der Waals surface area contributed by atoms with Crippen LogP contribution in [0, 0.1) is 34.5 Å². The number of aromatic hydroxyl groups is 1. The Morgan fingerprint density at radius 1 is 0.963 bits per heavy atom. The van der Waals surface area contributed by atoms with Crippen LogP contribution in [-0.4, -0.2) is 87.6 Å². The first-order chi connectivity index (χ1) is 25.4. The number of carbonyl (C=O) groups excluding carboxylic acids is 6. The average Bonchev–Trinajstić information content (AvgIpc) is 3.39. The lowest BCUT2D eigenvalue weighted by molar-refractivity contribution is -0.184. The van der Waals surface area contributed by atoms with Crippen LogP contribution in [0.15, 0.2) is 35.9 Å². The molecule has 0 bridgehead atoms. The van der Waals surface area contributed by atoms with Crippen molar-refractivity contribution in [1.82, 2.24) is 10.6 Å². The van der Waals surface area contributed by atoms with E-state index in [4.69, 9.17) is 9.47 Å². The summed E-state index contributed by atoms with van der Waals surface area (Å²) in [6, 6.07) is 4.06. The number of amides is 2. The zero-order valence-corrected chi connectivity index (χ0v) is 32.0. The van der Waals surface area contributed by atoms with E-state index in [0.717, 1.165) is 18.4 Å². The Morgan fingerprint density at radius 2 is 1.67 bits per heavy atom. The van der Waals surface area contributed by atoms with Gasteiger partial charge in [0.05, 0.1) is 19.1 Å². The van der Waals surface area contributed by atoms with Crippen molar-refractivity contribution < 1.29 is 53.6 Å². The van der Waals surface area contributed by atoms with Crippen LogP contribution in [0.3, 0.4) is 0 Å². The number of hydrogen-bond donors (Lipinski definition) is 5. The quantitative estimate of drug-likeness (QED) is 0.175. The van der Waals surface area contributed by atoms with Gasteiger partial charge in [0.1, 0.15) is 23.4 Å². The number of nitrogens with one attached hydrogen (secondary N) is 2. The Balaban J connectivity index is 1.14. The molecule has 0 radical (unpaired) electrons. The molecule has 0 spiro atoms. The lowest BCUT2D eigenvalue weighted by atomic mass is 9.45. The van der Waals surface area contributed by atoms with Gasteiger partial charge in [-0.15, -0.1) is 0 Å². The molecule has 4 aliphatic carbocycles. The Kier molecular flexibility index (Phi) is 12.4. The van der Waals surface area contributed by atoms with Crippen LogP contribution in [0.1, 0.15) is 98.0 Å². The Bertz CT molecular complexity index is 1660. The van der Waals surface area contributed by atoms with Crippen molar-refractivity contribution in [1.29, 1.82) is 0 Å². The highest BCUT2D eigenvalue weighted by molar-refractivity contribution is 5.93. The van der Waals surface area contributed by atoms with Gasteiger partial charge >= 0.3 is 11.9 Å². The van der Waals surface area contributed by atoms with Crippen LogP contribution >= 0.6 is 0 Å². The van der Waals surface area contributed by atoms with Crippen molar-refractivity contribution in [2.45, 2.75) is 123 Å². The van der Waals surface area contributed by atoms with Gasteiger partial charge in [-0.1, -0.05) is 45.4 Å². The summed E-state index contributed by atoms with van der Waals surface area (Å²) in [5.74, 6) is -3.58. The molecule has 4 aliphatic rings. The Morgan fingerprint density at radius 3 is 2.33 bits per heavy atom. The molecule has 5 rings (SSSR count). The number of carbonyl (C=O) groups is 6. The molecule has 9 atom stereocenters. The van der Waals surface area contributed by atoms with Crippen LogP contribution in [0.5, 0.6) is 5.75 Å². The number of Topliss-reactive ketones (excluding diaryl/α,β-unsaturated/α-hetero) is 1. The van der Waals surface area contributed by atoms with E-state index in [-0.39, 0.29) is 79.3 Å². The molecule has 5 N–H and O–H groups in total. The van der Waals surface area contributed by atoms with Crippen LogP contribution < -0.4 is 10.6 Å². The predicted octanol–water partition coefficient (Wildman–Crippen LogP) is 3.25. The van der Waals surface area contributed by atoms with Crippen LogP contribution in [0.25, 0.3) is 0 Å². The maximum Gasteiger partial charge on any atom is 0.328 e. The fourth-order valence-corrected chi connectivity index (χ4v) is 10.0. The summed E-state index contributed by atoms with van der Waals surface area (Å²) in [6.45, 7) is 8.49. The molecule has 13 nitrogen and oxygen atoms in total. The second-order valence-electron chi connectivity index (χ2n) is 16.5. The molecule has 0 unspecified atom stereocenters. The first-order valence-corrected chi connectivity index (χ1v) is 19.3. The highest BCUT2D eigenvalue weighted by atomic mass is 16.5. The number of ether oxygens (including phenoxy) is 2. The van der Waals surface area contributed by atoms with Crippen molar-refractivity contribution in [3.63, 3.8) is 0 Å². The Hall–Kier alpha value is -4.10. The smallest absolute Gasteiger partial charge is 0.328 e. The Labute approximate surface area is 316 Å². The van der Waals surface area contributed by atoms with Crippen LogP contribution in [-0.2, 0) is 44.7 Å². The van der Waals surface area contributed by atoms with Crippen molar-refractivity contribution in [2.24, 2.45) is 34.5 Å². The third-order valence-electron chi connectivity index (χ3n) is 13.0. The lowest BCUT2D eigenvalue weighted by Crippen LogP contribution is -2.62. The van der Waals surface area contributed by atoms with Gasteiger partial charge in [-0.2, -0.15) is 0 Å². The first-order valence-electron chi connectivity index (χ1n) is 19.3. The number of rotatable bonds is 14. The number of hydrogen-bond acceptors (Lipinski definition) is 11. The number of benzene rings is 1. The van der Waals surface area contributed by atoms with Gasteiger partial charge in [-0.25, -0.2) is 4.79 Å². The summed E-state index contributed by atoms with van der Waals surface area (Å²) in [6.07, 6.45) is 4.00. The maximum absolute atomic E-state index is 13.6. The minimum Gasteiger partial charge on any atom is -0.508 e. The molecular formula is C41H56N2O11. The molecule has 13 heteroatoms. The van der Waals surface area contributed by atoms with Gasteiger partial charge in [0.2, 0.25) is 17.6 Å². The van der Waals surface area contributed by atoms with Crippen LogP contribution in [0.4, 0.5) is 0 Å². The van der Waals surface area contributed by atoms with E-state index in [2.05, 4.69) is 17.6 Å². The standard InChI is InChI=1S/C41H56N2O11/c1-6-53-38(51)30(19-24-7-10-26(44)11-8-24)42-37(50)36(23(2)3)43-33(48)13-14-34(49)54-22-32(47)41(52)18-16-29-28-12-9-25-20-27(45)15-17-39(25,4)35(28)31(46)21-40(29,41)5/h7-8,10-11,20,23,28-31,35-36,44,46,52H,6,9,12-19,21-22H2,1-5H3,(H,42,50)(H,43,48)/t28-,29-,30-,31-,35+,36-,39-,40-,41-/m0/s1. The molecule has 296 valence electrons. The summed E-state index contributed by atoms with van der Waals surface area (Å²) in [5.41, 5.74) is -1.27. The zero-order valence-electron chi connectivity index (χ0n) is 32.0. The summed E-state index contributed by atoms with van der Waals surface area (Å²) in [4.78, 5) is 77.5. The van der Waals surface area contributed by atoms with E-state index in [0.29, 0.717) is 24.8 Å². The van der Waals surface area contributed by atoms with Gasteiger partial charge < -0.3 is 35.4 Å². The number of fused-ring (bicyclic) bond motifs is 5. The fraction of sp³-hybridized carbons (Fsp3) is 0.659. The first kappa shape index (κ1) is 41.1. The summed E-state index contributed by atoms with van der Waals surface area (Å²) in [5, 5.41) is 38.5. The van der Waals surface area contributed by atoms with E-state index >= 15 is 0 Å². The molecule has 0 saturated heterocycles. The van der Waals surface area contributed by atoms with E-state index < -0.39 is 65.3 Å². The number of ketones is 2. The molecule has 0 aliphatic heterocycles. The summed E-state index contributed by atoms with van der Waals surface area (Å²) in [7, 11) is 0. The largest absolute Gasteiger partial charge is 0.508 e. The normalized spacial score (nSPS) is 31.2. The second-order valence-corrected chi connectivity index (χ2v) is 16.5. The van der Waals surface area contributed by atoms with Gasteiger partial charge in [-0.05, 0) is 98.3 Å². The second kappa shape index (κ2) is 16.3. The molecule has 0 heterocycles. The molecule has 3 fully saturated rings. The third kappa shape index (κ3) is 8.12. The number of aliphatic hydroxyl groups excluding tert-OH is 1. The van der Waals surface area contributed by atoms with Crippen molar-refractivity contribution >= 4 is 35.3 Å². The van der Waals surface area contributed by atoms with Gasteiger partial charge in [-0.3, -0.25) is 24.0 Å². The van der Waals surface area contributed by atoms with Crippen molar-refractivity contribution in [3.8, 4) is 5.75 Å². The number of phenolic OH excluding ortho intramolecular Hbond substituents is 1. The predicted molar refractivity (Wildman–Crippen MR) is 195 cm³/mol.